The highest BCUT2D eigenvalue weighted by Crippen LogP contribution is 2.27. The van der Waals surface area contributed by atoms with Crippen molar-refractivity contribution in [2.45, 2.75) is 25.8 Å². The molecule has 1 heterocycles. The van der Waals surface area contributed by atoms with E-state index in [0.717, 1.165) is 5.52 Å². The van der Waals surface area contributed by atoms with Gasteiger partial charge in [0.1, 0.15) is 11.6 Å². The van der Waals surface area contributed by atoms with Crippen molar-refractivity contribution < 1.29 is 8.60 Å². The first kappa shape index (κ1) is 16.2. The molecule has 0 amide bonds. The van der Waals surface area contributed by atoms with Crippen LogP contribution >= 0.6 is 34.2 Å². The zero-order chi connectivity index (χ0) is 14.9. The number of aryl methyl sites for hydroxylation is 1. The van der Waals surface area contributed by atoms with Crippen molar-refractivity contribution in [3.8, 4) is 0 Å². The van der Waals surface area contributed by atoms with E-state index in [2.05, 4.69) is 4.98 Å². The molecule has 2 unspecified atom stereocenters. The number of alkyl halides is 1. The van der Waals surface area contributed by atoms with E-state index >= 15 is 0 Å². The number of fused-ring (bicyclic) bond motifs is 1. The number of hydrogen-bond acceptors (Lipinski definition) is 2. The lowest BCUT2D eigenvalue weighted by Gasteiger charge is -2.10. The molecule has 20 heavy (non-hydrogen) atoms. The van der Waals surface area contributed by atoms with E-state index in [9.17, 15) is 8.60 Å². The van der Waals surface area contributed by atoms with Crippen molar-refractivity contribution in [3.05, 3.63) is 27.3 Å². The number of aromatic nitrogens is 2. The molecule has 1 aromatic carbocycles. The van der Waals surface area contributed by atoms with Crippen LogP contribution in [0.1, 0.15) is 25.0 Å². The minimum Gasteiger partial charge on any atom is -0.326 e. The molecular formula is C13H15ClFIN2OS. The van der Waals surface area contributed by atoms with Gasteiger partial charge in [0.2, 0.25) is 0 Å². The van der Waals surface area contributed by atoms with Crippen LogP contribution in [-0.2, 0) is 17.3 Å². The highest BCUT2D eigenvalue weighted by atomic mass is 127. The first-order chi connectivity index (χ1) is 9.43. The summed E-state index contributed by atoms with van der Waals surface area (Å²) in [7, 11) is -0.873. The lowest BCUT2D eigenvalue weighted by molar-refractivity contribution is 0.620. The summed E-state index contributed by atoms with van der Waals surface area (Å²) in [4.78, 5) is 4.48. The number of halogens is 3. The average Bonchev–Trinajstić information content (AvgIpc) is 2.74. The summed E-state index contributed by atoms with van der Waals surface area (Å²) in [6.07, 6.45) is 0. The topological polar surface area (TPSA) is 34.9 Å². The van der Waals surface area contributed by atoms with Crippen molar-refractivity contribution in [2.24, 2.45) is 0 Å². The van der Waals surface area contributed by atoms with Crippen LogP contribution in [0.3, 0.4) is 0 Å². The van der Waals surface area contributed by atoms with Crippen molar-refractivity contribution in [3.63, 3.8) is 0 Å². The first-order valence-corrected chi connectivity index (χ1v) is 9.28. The number of imidazole rings is 1. The smallest absolute Gasteiger partial charge is 0.138 e. The molecule has 7 heteroatoms. The predicted octanol–water partition coefficient (Wildman–Crippen LogP) is 3.85. The molecule has 2 atom stereocenters. The summed E-state index contributed by atoms with van der Waals surface area (Å²) < 4.78 is 27.8. The minimum absolute atomic E-state index is 0.273. The zero-order valence-corrected chi connectivity index (χ0v) is 14.9. The fourth-order valence-corrected chi connectivity index (χ4v) is 3.31. The fraction of sp³-hybridized carbons (Fsp3) is 0.462. The second kappa shape index (κ2) is 6.70. The molecule has 0 radical (unpaired) electrons. The summed E-state index contributed by atoms with van der Waals surface area (Å²) in [5.41, 5.74) is 1.43. The Balaban J connectivity index is 2.50. The van der Waals surface area contributed by atoms with Gasteiger partial charge in [-0.1, -0.05) is 6.92 Å². The van der Waals surface area contributed by atoms with Crippen molar-refractivity contribution >= 4 is 56.0 Å². The van der Waals surface area contributed by atoms with E-state index < -0.39 is 10.8 Å². The van der Waals surface area contributed by atoms with Crippen molar-refractivity contribution in [2.75, 3.05) is 11.5 Å². The quantitative estimate of drug-likeness (QED) is 0.536. The molecule has 0 aliphatic rings. The Morgan fingerprint density at radius 2 is 2.25 bits per heavy atom. The molecule has 2 aromatic rings. The van der Waals surface area contributed by atoms with E-state index in [1.54, 1.807) is 6.07 Å². The highest BCUT2D eigenvalue weighted by molar-refractivity contribution is 14.1. The Hall–Kier alpha value is -0.210. The summed E-state index contributed by atoms with van der Waals surface area (Å²) in [5.74, 6) is 1.55. The van der Waals surface area contributed by atoms with Crippen LogP contribution in [-0.4, -0.2) is 25.3 Å². The van der Waals surface area contributed by atoms with Crippen LogP contribution in [0.25, 0.3) is 11.0 Å². The molecule has 110 valence electrons. The van der Waals surface area contributed by atoms with E-state index in [0.29, 0.717) is 33.0 Å². The molecule has 0 N–H and O–H groups in total. The van der Waals surface area contributed by atoms with Crippen LogP contribution in [0.5, 0.6) is 0 Å². The zero-order valence-electron chi connectivity index (χ0n) is 11.2. The van der Waals surface area contributed by atoms with E-state index in [4.69, 9.17) is 11.6 Å². The van der Waals surface area contributed by atoms with E-state index in [1.165, 1.54) is 6.07 Å². The molecule has 0 saturated carbocycles. The number of hydrogen-bond donors (Lipinski definition) is 0. The molecule has 2 rings (SSSR count). The number of benzene rings is 1. The SMILES string of the molecule is CCS(=O)CCn1c(C(C)Cl)nc2cc(I)c(F)cc21. The largest absolute Gasteiger partial charge is 0.326 e. The van der Waals surface area contributed by atoms with Gasteiger partial charge in [0.05, 0.1) is 20.0 Å². The number of nitrogens with zero attached hydrogens (tertiary/aromatic N) is 2. The maximum atomic E-state index is 13.8. The van der Waals surface area contributed by atoms with Crippen LogP contribution in [0, 0.1) is 9.39 Å². The molecule has 0 fully saturated rings. The Morgan fingerprint density at radius 3 is 2.85 bits per heavy atom. The van der Waals surface area contributed by atoms with Gasteiger partial charge in [-0.3, -0.25) is 4.21 Å². The monoisotopic (exact) mass is 428 g/mol. The van der Waals surface area contributed by atoms with Crippen LogP contribution in [0.2, 0.25) is 0 Å². The lowest BCUT2D eigenvalue weighted by atomic mass is 10.3. The van der Waals surface area contributed by atoms with Crippen molar-refractivity contribution in [1.29, 1.82) is 0 Å². The van der Waals surface area contributed by atoms with Gasteiger partial charge in [-0.25, -0.2) is 9.37 Å². The van der Waals surface area contributed by atoms with Gasteiger partial charge in [-0.05, 0) is 35.6 Å². The van der Waals surface area contributed by atoms with Gasteiger partial charge in [0.25, 0.3) is 0 Å². The Bertz CT molecular complexity index is 659. The summed E-state index contributed by atoms with van der Waals surface area (Å²) in [6.45, 7) is 4.25. The summed E-state index contributed by atoms with van der Waals surface area (Å²) >= 11 is 8.10. The molecule has 0 aliphatic heterocycles. The van der Waals surface area contributed by atoms with Gasteiger partial charge < -0.3 is 4.57 Å². The van der Waals surface area contributed by atoms with E-state index in [-0.39, 0.29) is 11.2 Å². The summed E-state index contributed by atoms with van der Waals surface area (Å²) in [6, 6.07) is 3.18. The second-order valence-corrected chi connectivity index (χ2v) is 8.11. The van der Waals surface area contributed by atoms with Crippen LogP contribution < -0.4 is 0 Å². The van der Waals surface area contributed by atoms with Crippen molar-refractivity contribution in [1.82, 2.24) is 9.55 Å². The normalized spacial score (nSPS) is 14.7. The van der Waals surface area contributed by atoms with Gasteiger partial charge in [-0.15, -0.1) is 11.6 Å². The Morgan fingerprint density at radius 1 is 1.55 bits per heavy atom. The fourth-order valence-electron chi connectivity index (χ4n) is 2.01. The molecule has 0 spiro atoms. The standard InChI is InChI=1S/C13H15ClFIN2OS/c1-3-20(19)5-4-18-12-6-9(15)10(16)7-11(12)17-13(18)8(2)14/h6-8H,3-5H2,1-2H3. The summed E-state index contributed by atoms with van der Waals surface area (Å²) in [5, 5.41) is -0.279. The maximum absolute atomic E-state index is 13.8. The van der Waals surface area contributed by atoms with E-state index in [1.807, 2.05) is 41.0 Å². The molecule has 3 nitrogen and oxygen atoms in total. The molecule has 1 aromatic heterocycles. The third-order valence-corrected chi connectivity index (χ3v) is 5.34. The third kappa shape index (κ3) is 3.33. The molecule has 0 aliphatic carbocycles. The third-order valence-electron chi connectivity index (χ3n) is 3.04. The minimum atomic E-state index is -0.873. The lowest BCUT2D eigenvalue weighted by Crippen LogP contribution is -2.12. The van der Waals surface area contributed by atoms with Crippen LogP contribution in [0.4, 0.5) is 4.39 Å². The molecule has 0 bridgehead atoms. The van der Waals surface area contributed by atoms with Crippen LogP contribution in [0.15, 0.2) is 12.1 Å². The second-order valence-electron chi connectivity index (χ2n) is 4.43. The molecular weight excluding hydrogens is 414 g/mol. The Labute approximate surface area is 138 Å². The average molecular weight is 429 g/mol. The maximum Gasteiger partial charge on any atom is 0.138 e. The van der Waals surface area contributed by atoms with Gasteiger partial charge >= 0.3 is 0 Å². The Kier molecular flexibility index (Phi) is 5.42. The first-order valence-electron chi connectivity index (χ1n) is 6.28. The van der Waals surface area contributed by atoms with Gasteiger partial charge in [0, 0.05) is 34.9 Å². The number of rotatable bonds is 5. The predicted molar refractivity (Wildman–Crippen MR) is 90.2 cm³/mol. The van der Waals surface area contributed by atoms with Gasteiger partial charge in [0.15, 0.2) is 0 Å². The van der Waals surface area contributed by atoms with Gasteiger partial charge in [-0.2, -0.15) is 0 Å². The molecule has 0 saturated heterocycles. The highest BCUT2D eigenvalue weighted by Gasteiger charge is 2.17.